The second-order valence-electron chi connectivity index (χ2n) is 8.95. The summed E-state index contributed by atoms with van der Waals surface area (Å²) in [6, 6.07) is 12.8. The van der Waals surface area contributed by atoms with Gasteiger partial charge >= 0.3 is 5.97 Å². The Morgan fingerprint density at radius 2 is 1.62 bits per heavy atom. The minimum atomic E-state index is -1.32. The highest BCUT2D eigenvalue weighted by Gasteiger charge is 2.22. The van der Waals surface area contributed by atoms with Gasteiger partial charge in [0.2, 0.25) is 17.7 Å². The molecule has 0 unspecified atom stereocenters. The standard InChI is InChI=1S/C27H29N5O8/c1-15(33)31-19(11-16-6-4-3-5-7-16)25(38)29-13-21(34)28-12-17-8-9-20-18(10-17)24(37)23(27(40)32(20)2)26(39)30-14-22(35)36/h3-10,19,37H,11-14H2,1-2H3,(H,28,34)(H,29,38)(H,30,39)(H,31,33)(H,35,36)/t19-/m0/s1. The minimum absolute atomic E-state index is 0.00733. The molecule has 0 radical (unpaired) electrons. The maximum atomic E-state index is 12.6. The number of aryl methyl sites for hydroxylation is 1. The molecule has 13 heteroatoms. The normalized spacial score (nSPS) is 11.3. The first-order valence-corrected chi connectivity index (χ1v) is 12.2. The first kappa shape index (κ1) is 29.4. The number of carboxylic acids is 1. The second-order valence-corrected chi connectivity index (χ2v) is 8.95. The van der Waals surface area contributed by atoms with Crippen molar-refractivity contribution in [3.8, 4) is 5.75 Å². The van der Waals surface area contributed by atoms with Crippen LogP contribution in [0.25, 0.3) is 10.9 Å². The molecule has 3 aromatic rings. The van der Waals surface area contributed by atoms with Crippen LogP contribution in [-0.2, 0) is 39.2 Å². The summed E-state index contributed by atoms with van der Waals surface area (Å²) in [7, 11) is 1.40. The number of nitrogens with one attached hydrogen (secondary N) is 4. The van der Waals surface area contributed by atoms with E-state index in [0.29, 0.717) is 11.1 Å². The molecule has 0 aliphatic heterocycles. The lowest BCUT2D eigenvalue weighted by Crippen LogP contribution is -2.49. The van der Waals surface area contributed by atoms with Crippen LogP contribution < -0.4 is 26.8 Å². The molecular formula is C27H29N5O8. The number of pyridine rings is 1. The first-order chi connectivity index (χ1) is 19.0. The van der Waals surface area contributed by atoms with Crippen LogP contribution in [0.1, 0.15) is 28.4 Å². The number of carboxylic acid groups (broad SMARTS) is 1. The monoisotopic (exact) mass is 551 g/mol. The summed E-state index contributed by atoms with van der Waals surface area (Å²) in [5.74, 6) is -4.42. The number of aromatic hydroxyl groups is 1. The molecule has 0 saturated carbocycles. The SMILES string of the molecule is CC(=O)N[C@@H](Cc1ccccc1)C(=O)NCC(=O)NCc1ccc2c(c1)c(O)c(C(=O)NCC(=O)O)c(=O)n2C. The van der Waals surface area contributed by atoms with E-state index in [4.69, 9.17) is 5.11 Å². The number of carbonyl (C=O) groups is 5. The lowest BCUT2D eigenvalue weighted by molar-refractivity contribution is -0.135. The zero-order valence-electron chi connectivity index (χ0n) is 21.8. The largest absolute Gasteiger partial charge is 0.506 e. The topological polar surface area (TPSA) is 196 Å². The number of benzene rings is 2. The maximum absolute atomic E-state index is 12.6. The van der Waals surface area contributed by atoms with Crippen molar-refractivity contribution in [2.24, 2.45) is 7.05 Å². The second kappa shape index (κ2) is 13.0. The fourth-order valence-corrected chi connectivity index (χ4v) is 4.00. The van der Waals surface area contributed by atoms with E-state index in [2.05, 4.69) is 21.3 Å². The highest BCUT2D eigenvalue weighted by Crippen LogP contribution is 2.27. The number of aromatic nitrogens is 1. The van der Waals surface area contributed by atoms with Gasteiger partial charge in [-0.25, -0.2) is 0 Å². The highest BCUT2D eigenvalue weighted by molar-refractivity contribution is 6.03. The van der Waals surface area contributed by atoms with Gasteiger partial charge in [0.15, 0.2) is 0 Å². The third-order valence-electron chi connectivity index (χ3n) is 5.95. The molecular weight excluding hydrogens is 522 g/mol. The third kappa shape index (κ3) is 7.43. The summed E-state index contributed by atoms with van der Waals surface area (Å²) in [5, 5.41) is 29.3. The minimum Gasteiger partial charge on any atom is -0.506 e. The number of fused-ring (bicyclic) bond motifs is 1. The smallest absolute Gasteiger partial charge is 0.322 e. The molecule has 1 heterocycles. The van der Waals surface area contributed by atoms with Crippen molar-refractivity contribution in [2.75, 3.05) is 13.1 Å². The third-order valence-corrected chi connectivity index (χ3v) is 5.95. The van der Waals surface area contributed by atoms with Gasteiger partial charge in [0.05, 0.1) is 12.1 Å². The number of aliphatic carboxylic acids is 1. The predicted octanol–water partition coefficient (Wildman–Crippen LogP) is -0.462. The lowest BCUT2D eigenvalue weighted by atomic mass is 10.1. The Kier molecular flexibility index (Phi) is 9.57. The summed E-state index contributed by atoms with van der Waals surface area (Å²) in [4.78, 5) is 72.4. The Morgan fingerprint density at radius 1 is 0.925 bits per heavy atom. The van der Waals surface area contributed by atoms with E-state index in [1.54, 1.807) is 6.07 Å². The summed E-state index contributed by atoms with van der Waals surface area (Å²) >= 11 is 0. The zero-order chi connectivity index (χ0) is 29.4. The number of hydrogen-bond donors (Lipinski definition) is 6. The van der Waals surface area contributed by atoms with Crippen molar-refractivity contribution >= 4 is 40.5 Å². The Hall–Kier alpha value is -5.20. The van der Waals surface area contributed by atoms with Crippen LogP contribution in [0.15, 0.2) is 53.3 Å². The van der Waals surface area contributed by atoms with Gasteiger partial charge in [0, 0.05) is 32.3 Å². The molecule has 210 valence electrons. The average Bonchev–Trinajstić information content (AvgIpc) is 2.92. The molecule has 2 aromatic carbocycles. The molecule has 0 aliphatic rings. The van der Waals surface area contributed by atoms with Crippen LogP contribution in [0.4, 0.5) is 0 Å². The molecule has 40 heavy (non-hydrogen) atoms. The number of amides is 4. The van der Waals surface area contributed by atoms with Crippen LogP contribution in [0.2, 0.25) is 0 Å². The number of hydrogen-bond acceptors (Lipinski definition) is 7. The zero-order valence-corrected chi connectivity index (χ0v) is 21.8. The van der Waals surface area contributed by atoms with Crippen LogP contribution in [0.5, 0.6) is 5.75 Å². The van der Waals surface area contributed by atoms with E-state index in [1.807, 2.05) is 30.3 Å². The Morgan fingerprint density at radius 3 is 2.27 bits per heavy atom. The predicted molar refractivity (Wildman–Crippen MR) is 143 cm³/mol. The maximum Gasteiger partial charge on any atom is 0.322 e. The Bertz CT molecular complexity index is 1520. The van der Waals surface area contributed by atoms with Crippen molar-refractivity contribution in [3.05, 3.63) is 75.6 Å². The molecule has 0 fully saturated rings. The van der Waals surface area contributed by atoms with Gasteiger partial charge in [-0.15, -0.1) is 0 Å². The van der Waals surface area contributed by atoms with E-state index in [1.165, 1.54) is 26.1 Å². The Labute approximate surface area is 228 Å². The van der Waals surface area contributed by atoms with E-state index in [9.17, 15) is 33.9 Å². The molecule has 3 rings (SSSR count). The van der Waals surface area contributed by atoms with Crippen LogP contribution in [0.3, 0.4) is 0 Å². The number of rotatable bonds is 11. The fraction of sp³-hybridized carbons (Fsp3) is 0.259. The van der Waals surface area contributed by atoms with Crippen LogP contribution in [-0.4, -0.2) is 63.5 Å². The van der Waals surface area contributed by atoms with Gasteiger partial charge in [-0.05, 0) is 23.3 Å². The van der Waals surface area contributed by atoms with Crippen molar-refractivity contribution in [3.63, 3.8) is 0 Å². The molecule has 13 nitrogen and oxygen atoms in total. The quantitative estimate of drug-likeness (QED) is 0.184. The van der Waals surface area contributed by atoms with E-state index in [-0.39, 0.29) is 30.8 Å². The molecule has 0 spiro atoms. The fourth-order valence-electron chi connectivity index (χ4n) is 4.00. The molecule has 6 N–H and O–H groups in total. The van der Waals surface area contributed by atoms with E-state index < -0.39 is 53.1 Å². The Balaban J connectivity index is 1.67. The van der Waals surface area contributed by atoms with Gasteiger partial charge in [0.1, 0.15) is 23.9 Å². The van der Waals surface area contributed by atoms with Crippen LogP contribution in [0, 0.1) is 0 Å². The molecule has 0 aliphatic carbocycles. The summed E-state index contributed by atoms with van der Waals surface area (Å²) in [6.07, 6.45) is 0.243. The molecule has 1 atom stereocenters. The highest BCUT2D eigenvalue weighted by atomic mass is 16.4. The van der Waals surface area contributed by atoms with E-state index in [0.717, 1.165) is 10.1 Å². The van der Waals surface area contributed by atoms with E-state index >= 15 is 0 Å². The summed E-state index contributed by atoms with van der Waals surface area (Å²) < 4.78 is 1.14. The number of carbonyl (C=O) groups excluding carboxylic acids is 4. The number of nitrogens with zero attached hydrogens (tertiary/aromatic N) is 1. The summed E-state index contributed by atoms with van der Waals surface area (Å²) in [5.41, 5.74) is 0.236. The lowest BCUT2D eigenvalue weighted by Gasteiger charge is -2.18. The molecule has 4 amide bonds. The molecule has 0 saturated heterocycles. The van der Waals surface area contributed by atoms with Gasteiger partial charge < -0.3 is 36.0 Å². The van der Waals surface area contributed by atoms with Gasteiger partial charge in [-0.1, -0.05) is 36.4 Å². The van der Waals surface area contributed by atoms with Gasteiger partial charge in [-0.2, -0.15) is 0 Å². The van der Waals surface area contributed by atoms with Crippen molar-refractivity contribution in [1.29, 1.82) is 0 Å². The molecule has 0 bridgehead atoms. The van der Waals surface area contributed by atoms with Crippen LogP contribution >= 0.6 is 0 Å². The first-order valence-electron chi connectivity index (χ1n) is 12.2. The van der Waals surface area contributed by atoms with Gasteiger partial charge in [-0.3, -0.25) is 28.8 Å². The molecule has 1 aromatic heterocycles. The van der Waals surface area contributed by atoms with Gasteiger partial charge in [0.25, 0.3) is 11.5 Å². The van der Waals surface area contributed by atoms with Crippen molar-refractivity contribution in [2.45, 2.75) is 25.9 Å². The summed E-state index contributed by atoms with van der Waals surface area (Å²) in [6.45, 7) is 0.195. The average molecular weight is 552 g/mol. The van der Waals surface area contributed by atoms with Crippen molar-refractivity contribution < 1.29 is 34.2 Å². The van der Waals surface area contributed by atoms with Crippen molar-refractivity contribution in [1.82, 2.24) is 25.8 Å².